The molecule has 2 aliphatic heterocycles. The van der Waals surface area contributed by atoms with E-state index >= 15 is 0 Å². The van der Waals surface area contributed by atoms with Gasteiger partial charge in [0.05, 0.1) is 19.3 Å². The van der Waals surface area contributed by atoms with Gasteiger partial charge in [0, 0.05) is 42.2 Å². The maximum Gasteiger partial charge on any atom is 0.413 e. The quantitative estimate of drug-likeness (QED) is 0.596. The Labute approximate surface area is 207 Å². The highest BCUT2D eigenvalue weighted by atomic mass is 35.5. The van der Waals surface area contributed by atoms with E-state index in [9.17, 15) is 9.59 Å². The molecular weight excluding hydrogens is 480 g/mol. The lowest BCUT2D eigenvalue weighted by molar-refractivity contribution is -0.125. The minimum atomic E-state index is -0.615. The molecule has 0 bridgehead atoms. The second-order valence-electron chi connectivity index (χ2n) is 7.81. The van der Waals surface area contributed by atoms with Crippen LogP contribution in [-0.4, -0.2) is 67.8 Å². The molecule has 0 aromatic heterocycles. The zero-order chi connectivity index (χ0) is 24.1. The molecule has 2 aromatic rings. The zero-order valence-corrected chi connectivity index (χ0v) is 20.1. The van der Waals surface area contributed by atoms with Crippen LogP contribution in [0.2, 0.25) is 5.02 Å². The third-order valence-electron chi connectivity index (χ3n) is 5.56. The standard InChI is InChI=1S/C23H25ClN4O5S/c1-31-19-12-21(28(13-19)22(34)25-16-4-2-15(24)3-5-16)33-23(30)26-17-6-8-18(9-7-17)27-10-11-32-14-20(27)29/h2-9,19,21H,10-14H2,1H3,(H,25,34)(H,26,30)/t19-,21-/m1/s1. The molecule has 2 N–H and O–H groups in total. The second-order valence-corrected chi connectivity index (χ2v) is 8.64. The predicted octanol–water partition coefficient (Wildman–Crippen LogP) is 3.70. The first-order valence-corrected chi connectivity index (χ1v) is 11.5. The number of methoxy groups -OCH3 is 1. The van der Waals surface area contributed by atoms with Crippen LogP contribution in [0, 0.1) is 0 Å². The number of hydrogen-bond acceptors (Lipinski definition) is 6. The van der Waals surface area contributed by atoms with Crippen molar-refractivity contribution in [1.29, 1.82) is 0 Å². The van der Waals surface area contributed by atoms with Gasteiger partial charge in [-0.1, -0.05) is 11.6 Å². The first-order chi connectivity index (χ1) is 16.4. The fourth-order valence-electron chi connectivity index (χ4n) is 3.77. The molecule has 2 saturated heterocycles. The van der Waals surface area contributed by atoms with Gasteiger partial charge in [-0.15, -0.1) is 0 Å². The number of carbonyl (C=O) groups excluding carboxylic acids is 2. The molecule has 34 heavy (non-hydrogen) atoms. The van der Waals surface area contributed by atoms with Gasteiger partial charge in [-0.3, -0.25) is 10.1 Å². The second kappa shape index (κ2) is 11.0. The highest BCUT2D eigenvalue weighted by molar-refractivity contribution is 7.80. The van der Waals surface area contributed by atoms with E-state index in [4.69, 9.17) is 38.0 Å². The van der Waals surface area contributed by atoms with Gasteiger partial charge >= 0.3 is 6.09 Å². The summed E-state index contributed by atoms with van der Waals surface area (Å²) in [5.41, 5.74) is 2.07. The van der Waals surface area contributed by atoms with Crippen molar-refractivity contribution in [2.24, 2.45) is 0 Å². The number of morpholine rings is 1. The minimum Gasteiger partial charge on any atom is -0.425 e. The van der Waals surface area contributed by atoms with Crippen LogP contribution in [-0.2, 0) is 19.0 Å². The fraction of sp³-hybridized carbons (Fsp3) is 0.348. The molecule has 180 valence electrons. The summed E-state index contributed by atoms with van der Waals surface area (Å²) in [5, 5.41) is 6.90. The fourth-order valence-corrected chi connectivity index (χ4v) is 4.21. The summed E-state index contributed by atoms with van der Waals surface area (Å²) in [6, 6.07) is 14.1. The highest BCUT2D eigenvalue weighted by Crippen LogP contribution is 2.24. The molecule has 2 aliphatic rings. The lowest BCUT2D eigenvalue weighted by Crippen LogP contribution is -2.42. The molecule has 9 nitrogen and oxygen atoms in total. The Kier molecular flexibility index (Phi) is 7.84. The molecule has 11 heteroatoms. The van der Waals surface area contributed by atoms with Crippen LogP contribution in [0.3, 0.4) is 0 Å². The van der Waals surface area contributed by atoms with E-state index in [0.29, 0.717) is 41.9 Å². The van der Waals surface area contributed by atoms with Crippen LogP contribution in [0.4, 0.5) is 21.9 Å². The number of rotatable bonds is 5. The molecular formula is C23H25ClN4O5S. The number of ether oxygens (including phenoxy) is 3. The number of halogens is 1. The van der Waals surface area contributed by atoms with Gasteiger partial charge < -0.3 is 29.3 Å². The number of hydrogen-bond donors (Lipinski definition) is 2. The lowest BCUT2D eigenvalue weighted by Gasteiger charge is -2.27. The monoisotopic (exact) mass is 504 g/mol. The number of nitrogens with zero attached hydrogens (tertiary/aromatic N) is 2. The van der Waals surface area contributed by atoms with Crippen molar-refractivity contribution in [2.45, 2.75) is 18.8 Å². The smallest absolute Gasteiger partial charge is 0.413 e. The summed E-state index contributed by atoms with van der Waals surface area (Å²) in [6.07, 6.45) is -0.864. The normalized spacial score (nSPS) is 20.2. The van der Waals surface area contributed by atoms with Crippen LogP contribution < -0.4 is 15.5 Å². The van der Waals surface area contributed by atoms with Gasteiger partial charge in [-0.25, -0.2) is 4.79 Å². The van der Waals surface area contributed by atoms with Gasteiger partial charge in [-0.2, -0.15) is 0 Å². The van der Waals surface area contributed by atoms with E-state index < -0.39 is 12.3 Å². The summed E-state index contributed by atoms with van der Waals surface area (Å²) in [6.45, 7) is 1.54. The Morgan fingerprint density at radius 3 is 2.47 bits per heavy atom. The Morgan fingerprint density at radius 1 is 1.12 bits per heavy atom. The topological polar surface area (TPSA) is 92.4 Å². The number of carbonyl (C=O) groups is 2. The molecule has 0 aliphatic carbocycles. The number of benzene rings is 2. The van der Waals surface area contributed by atoms with Gasteiger partial charge in [0.15, 0.2) is 11.3 Å². The SMILES string of the molecule is CO[C@@H]1C[C@@H](OC(=O)Nc2ccc(N3CCOCC3=O)cc2)N(C(=S)Nc2ccc(Cl)cc2)C1. The predicted molar refractivity (Wildman–Crippen MR) is 133 cm³/mol. The van der Waals surface area contributed by atoms with Crippen molar-refractivity contribution in [3.8, 4) is 0 Å². The third-order valence-corrected chi connectivity index (χ3v) is 6.14. The average molecular weight is 505 g/mol. The first-order valence-electron chi connectivity index (χ1n) is 10.7. The number of nitrogens with one attached hydrogen (secondary N) is 2. The summed E-state index contributed by atoms with van der Waals surface area (Å²) in [7, 11) is 1.61. The molecule has 0 radical (unpaired) electrons. The Bertz CT molecular complexity index is 1040. The van der Waals surface area contributed by atoms with Crippen LogP contribution in [0.5, 0.6) is 0 Å². The highest BCUT2D eigenvalue weighted by Gasteiger charge is 2.36. The van der Waals surface area contributed by atoms with Crippen molar-refractivity contribution in [2.75, 3.05) is 48.9 Å². The van der Waals surface area contributed by atoms with E-state index in [1.54, 1.807) is 53.3 Å². The van der Waals surface area contributed by atoms with Crippen molar-refractivity contribution >= 4 is 58.0 Å². The van der Waals surface area contributed by atoms with Gasteiger partial charge in [-0.05, 0) is 60.7 Å². The largest absolute Gasteiger partial charge is 0.425 e. The van der Waals surface area contributed by atoms with Crippen molar-refractivity contribution < 1.29 is 23.8 Å². The van der Waals surface area contributed by atoms with Crippen molar-refractivity contribution in [3.05, 3.63) is 53.6 Å². The molecule has 0 unspecified atom stereocenters. The molecule has 2 fully saturated rings. The summed E-state index contributed by atoms with van der Waals surface area (Å²) >= 11 is 11.5. The molecule has 2 atom stereocenters. The molecule has 4 rings (SSSR count). The van der Waals surface area contributed by atoms with Gasteiger partial charge in [0.2, 0.25) is 0 Å². The Balaban J connectivity index is 1.36. The molecule has 2 heterocycles. The van der Waals surface area contributed by atoms with E-state index in [2.05, 4.69) is 10.6 Å². The van der Waals surface area contributed by atoms with Crippen molar-refractivity contribution in [3.63, 3.8) is 0 Å². The average Bonchev–Trinajstić information content (AvgIpc) is 3.24. The summed E-state index contributed by atoms with van der Waals surface area (Å²) in [4.78, 5) is 28.0. The molecule has 0 spiro atoms. The van der Waals surface area contributed by atoms with Gasteiger partial charge in [0.1, 0.15) is 6.61 Å². The van der Waals surface area contributed by atoms with E-state index in [-0.39, 0.29) is 18.6 Å². The van der Waals surface area contributed by atoms with E-state index in [0.717, 1.165) is 11.4 Å². The first kappa shape index (κ1) is 24.2. The number of thiocarbonyl (C=S) groups is 1. The number of anilines is 3. The molecule has 2 aromatic carbocycles. The van der Waals surface area contributed by atoms with Crippen LogP contribution in [0.1, 0.15) is 6.42 Å². The Morgan fingerprint density at radius 2 is 1.79 bits per heavy atom. The Hall–Kier alpha value is -2.92. The third kappa shape index (κ3) is 5.95. The summed E-state index contributed by atoms with van der Waals surface area (Å²) < 4.78 is 16.3. The number of likely N-dealkylation sites (tertiary alicyclic amines) is 1. The number of amides is 2. The van der Waals surface area contributed by atoms with E-state index in [1.807, 2.05) is 12.1 Å². The lowest BCUT2D eigenvalue weighted by atomic mass is 10.2. The van der Waals surface area contributed by atoms with Crippen LogP contribution in [0.15, 0.2) is 48.5 Å². The molecule has 0 saturated carbocycles. The van der Waals surface area contributed by atoms with Crippen molar-refractivity contribution in [1.82, 2.24) is 4.90 Å². The van der Waals surface area contributed by atoms with Crippen LogP contribution >= 0.6 is 23.8 Å². The summed E-state index contributed by atoms with van der Waals surface area (Å²) in [5.74, 6) is -0.0939. The van der Waals surface area contributed by atoms with Crippen LogP contribution in [0.25, 0.3) is 0 Å². The maximum atomic E-state index is 12.6. The van der Waals surface area contributed by atoms with Gasteiger partial charge in [0.25, 0.3) is 5.91 Å². The zero-order valence-electron chi connectivity index (χ0n) is 18.5. The maximum absolute atomic E-state index is 12.6. The minimum absolute atomic E-state index is 0.0709. The molecule has 2 amide bonds. The van der Waals surface area contributed by atoms with E-state index in [1.165, 1.54) is 0 Å².